The number of piperidine rings is 1. The van der Waals surface area contributed by atoms with Gasteiger partial charge in [0.25, 0.3) is 12.9 Å². The molecule has 2 aliphatic heterocycles. The molecule has 45 heavy (non-hydrogen) atoms. The lowest BCUT2D eigenvalue weighted by atomic mass is 9.96. The average molecular weight is 681 g/mol. The van der Waals surface area contributed by atoms with E-state index in [1.807, 2.05) is 0 Å². The van der Waals surface area contributed by atoms with Crippen molar-refractivity contribution < 1.29 is 44.6 Å². The van der Waals surface area contributed by atoms with Crippen molar-refractivity contribution in [1.29, 1.82) is 0 Å². The van der Waals surface area contributed by atoms with Gasteiger partial charge in [-0.2, -0.15) is 22.6 Å². The predicted octanol–water partition coefficient (Wildman–Crippen LogP) is 6.86. The predicted molar refractivity (Wildman–Crippen MR) is 151 cm³/mol. The Labute approximate surface area is 257 Å². The largest absolute Gasteiger partial charge is 0.416 e. The van der Waals surface area contributed by atoms with E-state index >= 15 is 0 Å². The molecule has 0 radical (unpaired) electrons. The number of amides is 1. The Kier molecular flexibility index (Phi) is 9.26. The molecule has 5 rings (SSSR count). The maximum absolute atomic E-state index is 13.9. The number of nitrogens with zero attached hydrogens (tertiary/aromatic N) is 6. The van der Waals surface area contributed by atoms with Gasteiger partial charge in [-0.1, -0.05) is 11.2 Å². The summed E-state index contributed by atoms with van der Waals surface area (Å²) in [5.41, 5.74) is -2.12. The molecule has 244 valence electrons. The molecule has 0 saturated carbocycles. The zero-order valence-corrected chi connectivity index (χ0v) is 25.4. The molecule has 4 heterocycles. The first-order chi connectivity index (χ1) is 21.1. The second kappa shape index (κ2) is 12.7. The highest BCUT2D eigenvalue weighted by Crippen LogP contribution is 2.44. The smallest absolute Gasteiger partial charge is 0.387 e. The topological polar surface area (TPSA) is 102 Å². The van der Waals surface area contributed by atoms with Crippen molar-refractivity contribution in [3.63, 3.8) is 0 Å². The van der Waals surface area contributed by atoms with Crippen LogP contribution in [-0.4, -0.2) is 61.1 Å². The third-order valence-electron chi connectivity index (χ3n) is 7.27. The van der Waals surface area contributed by atoms with Crippen LogP contribution in [0.2, 0.25) is 0 Å². The fourth-order valence-corrected chi connectivity index (χ4v) is 6.84. The zero-order chi connectivity index (χ0) is 32.7. The molecular weight excluding hydrogens is 653 g/mol. The van der Waals surface area contributed by atoms with E-state index in [0.29, 0.717) is 35.0 Å². The van der Waals surface area contributed by atoms with Crippen molar-refractivity contribution in [2.75, 3.05) is 25.6 Å². The van der Waals surface area contributed by atoms with Crippen LogP contribution in [0.5, 0.6) is 0 Å². The lowest BCUT2D eigenvalue weighted by Gasteiger charge is -2.31. The first-order valence-corrected chi connectivity index (χ1v) is 16.8. The molecule has 1 saturated heterocycles. The third kappa shape index (κ3) is 7.48. The number of oxime groups is 1. The van der Waals surface area contributed by atoms with Crippen LogP contribution in [0.15, 0.2) is 39.2 Å². The van der Waals surface area contributed by atoms with E-state index in [2.05, 4.69) is 19.6 Å². The molecular formula is C27H27F7N6O3S2. The van der Waals surface area contributed by atoms with Gasteiger partial charge in [0.05, 0.1) is 22.0 Å². The SMILES string of the molecule is CS(C)(=O)=Nc1cccc(C(F)(F)F)c1C1CC(c2csc(C3CCN(C(=O)Cn4nc(C(F)F)cc4C(F)F)CC3)n2)=NO1. The molecule has 2 aromatic heterocycles. The molecule has 0 aliphatic carbocycles. The van der Waals surface area contributed by atoms with E-state index in [1.54, 1.807) is 5.38 Å². The molecule has 1 atom stereocenters. The van der Waals surface area contributed by atoms with Gasteiger partial charge >= 0.3 is 6.18 Å². The summed E-state index contributed by atoms with van der Waals surface area (Å²) in [5.74, 6) is -0.591. The Morgan fingerprint density at radius 3 is 2.49 bits per heavy atom. The summed E-state index contributed by atoms with van der Waals surface area (Å²) in [6.07, 6.45) is -8.37. The molecule has 9 nitrogen and oxygen atoms in total. The Morgan fingerprint density at radius 2 is 1.87 bits per heavy atom. The first-order valence-electron chi connectivity index (χ1n) is 13.6. The van der Waals surface area contributed by atoms with Crippen LogP contribution in [0.1, 0.15) is 77.4 Å². The maximum Gasteiger partial charge on any atom is 0.416 e. The minimum Gasteiger partial charge on any atom is -0.387 e. The number of aromatic nitrogens is 3. The monoisotopic (exact) mass is 680 g/mol. The van der Waals surface area contributed by atoms with Gasteiger partial charge in [-0.3, -0.25) is 9.48 Å². The highest BCUT2D eigenvalue weighted by molar-refractivity contribution is 7.92. The second-order valence-corrected chi connectivity index (χ2v) is 14.3. The summed E-state index contributed by atoms with van der Waals surface area (Å²) in [4.78, 5) is 24.3. The summed E-state index contributed by atoms with van der Waals surface area (Å²) in [7, 11) is -2.78. The van der Waals surface area contributed by atoms with Gasteiger partial charge in [-0.05, 0) is 31.0 Å². The van der Waals surface area contributed by atoms with Crippen molar-refractivity contribution in [1.82, 2.24) is 19.7 Å². The Hall–Kier alpha value is -3.54. The molecule has 1 fully saturated rings. The van der Waals surface area contributed by atoms with Gasteiger partial charge in [-0.15, -0.1) is 11.3 Å². The van der Waals surface area contributed by atoms with E-state index in [-0.39, 0.29) is 36.7 Å². The van der Waals surface area contributed by atoms with Crippen molar-refractivity contribution in [2.45, 2.75) is 56.9 Å². The standard InChI is InChI=1S/C27H27F7N6O3S2/c1-45(2,42)38-16-5-3-4-15(27(32,33)34)23(16)21-11-17(37-43-21)19-13-44-26(35-19)14-6-8-39(9-7-14)22(41)12-40-20(25(30)31)10-18(36-40)24(28)29/h3-5,10,13-14,21,24-25H,6-9,11-12H2,1-2H3. The number of rotatable bonds is 8. The van der Waals surface area contributed by atoms with Gasteiger partial charge in [0.1, 0.15) is 23.6 Å². The van der Waals surface area contributed by atoms with Gasteiger partial charge in [0.2, 0.25) is 5.91 Å². The molecule has 2 aliphatic rings. The van der Waals surface area contributed by atoms with E-state index in [1.165, 1.54) is 40.9 Å². The molecule has 0 bridgehead atoms. The number of alkyl halides is 7. The van der Waals surface area contributed by atoms with Crippen molar-refractivity contribution in [2.24, 2.45) is 9.52 Å². The number of halogens is 7. The lowest BCUT2D eigenvalue weighted by molar-refractivity contribution is -0.139. The van der Waals surface area contributed by atoms with Crippen molar-refractivity contribution in [3.8, 4) is 0 Å². The Morgan fingerprint density at radius 1 is 1.16 bits per heavy atom. The zero-order valence-electron chi connectivity index (χ0n) is 23.8. The van der Waals surface area contributed by atoms with Gasteiger partial charge in [0.15, 0.2) is 6.10 Å². The van der Waals surface area contributed by atoms with Crippen LogP contribution in [0.3, 0.4) is 0 Å². The first kappa shape index (κ1) is 32.8. The van der Waals surface area contributed by atoms with Crippen LogP contribution >= 0.6 is 11.3 Å². The number of thiazole rings is 1. The Bertz CT molecular complexity index is 1710. The van der Waals surface area contributed by atoms with Gasteiger partial charge < -0.3 is 9.74 Å². The van der Waals surface area contributed by atoms with Crippen LogP contribution in [-0.2, 0) is 32.1 Å². The van der Waals surface area contributed by atoms with E-state index in [0.717, 1.165) is 11.1 Å². The molecule has 18 heteroatoms. The van der Waals surface area contributed by atoms with Crippen LogP contribution in [0.25, 0.3) is 0 Å². The van der Waals surface area contributed by atoms with Crippen LogP contribution < -0.4 is 0 Å². The summed E-state index contributed by atoms with van der Waals surface area (Å²) < 4.78 is 111. The van der Waals surface area contributed by atoms with Crippen molar-refractivity contribution >= 4 is 38.4 Å². The lowest BCUT2D eigenvalue weighted by Crippen LogP contribution is -2.40. The molecule has 1 aromatic carbocycles. The summed E-state index contributed by atoms with van der Waals surface area (Å²) in [6, 6.07) is 4.05. The molecule has 1 unspecified atom stereocenters. The second-order valence-electron chi connectivity index (χ2n) is 10.8. The molecule has 0 N–H and O–H groups in total. The minimum atomic E-state index is -4.71. The Balaban J connectivity index is 1.24. The molecule has 3 aromatic rings. The van der Waals surface area contributed by atoms with Crippen LogP contribution in [0, 0.1) is 0 Å². The number of hydrogen-bond donors (Lipinski definition) is 0. The fraction of sp³-hybridized carbons (Fsp3) is 0.481. The number of benzene rings is 1. The van der Waals surface area contributed by atoms with E-state index in [9.17, 15) is 39.7 Å². The van der Waals surface area contributed by atoms with Crippen LogP contribution in [0.4, 0.5) is 36.4 Å². The number of hydrogen-bond acceptors (Lipinski definition) is 8. The van der Waals surface area contributed by atoms with Gasteiger partial charge in [0, 0.05) is 58.6 Å². The molecule has 1 amide bonds. The number of carbonyl (C=O) groups is 1. The fourth-order valence-electron chi connectivity index (χ4n) is 5.21. The normalized spacial score (nSPS) is 18.1. The van der Waals surface area contributed by atoms with E-state index in [4.69, 9.17) is 4.84 Å². The summed E-state index contributed by atoms with van der Waals surface area (Å²) >= 11 is 1.33. The summed E-state index contributed by atoms with van der Waals surface area (Å²) in [6.45, 7) is -0.0499. The van der Waals surface area contributed by atoms with E-state index < -0.39 is 64.3 Å². The number of likely N-dealkylation sites (tertiary alicyclic amines) is 1. The quantitative estimate of drug-likeness (QED) is 0.242. The number of carbonyl (C=O) groups excluding carboxylic acids is 1. The highest BCUT2D eigenvalue weighted by Gasteiger charge is 2.40. The minimum absolute atomic E-state index is 0.0261. The highest BCUT2D eigenvalue weighted by atomic mass is 32.2. The van der Waals surface area contributed by atoms with Gasteiger partial charge in [-0.25, -0.2) is 26.8 Å². The third-order valence-corrected chi connectivity index (χ3v) is 8.92. The van der Waals surface area contributed by atoms with Crippen molar-refractivity contribution in [3.05, 3.63) is 62.9 Å². The molecule has 0 spiro atoms. The summed E-state index contributed by atoms with van der Waals surface area (Å²) in [5, 5.41) is 9.91. The average Bonchev–Trinajstić information content (AvgIpc) is 3.71. The maximum atomic E-state index is 13.9.